The van der Waals surface area contributed by atoms with Crippen LogP contribution in [0.4, 0.5) is 0 Å². The van der Waals surface area contributed by atoms with Crippen LogP contribution in [0.1, 0.15) is 83.1 Å². The predicted octanol–water partition coefficient (Wildman–Crippen LogP) is 4.40. The van der Waals surface area contributed by atoms with Crippen molar-refractivity contribution < 1.29 is 68.2 Å². The molecule has 3 atom stereocenters. The standard InChI is InChI=1S/3C10H21O5.Al/c3*1-5-13-10(14-6-2,15-7-3)8-12-9(4)11;/h3*9H,5-8H2,1-4H3;/q3*-1;+3. The van der Waals surface area contributed by atoms with E-state index < -0.39 is 51.9 Å². The molecular weight excluding hydrogens is 627 g/mol. The third-order valence-electron chi connectivity index (χ3n) is 5.67. The average Bonchev–Trinajstić information content (AvgIpc) is 2.99. The summed E-state index contributed by atoms with van der Waals surface area (Å²) in [5.41, 5.74) is 0. The van der Waals surface area contributed by atoms with Gasteiger partial charge in [0.25, 0.3) is 0 Å². The van der Waals surface area contributed by atoms with Gasteiger partial charge in [0.15, 0.2) is 0 Å². The van der Waals surface area contributed by atoms with E-state index in [1.165, 1.54) is 0 Å². The molecule has 0 aliphatic carbocycles. The Hall–Kier alpha value is -0.0675. The molecule has 0 aliphatic rings. The van der Waals surface area contributed by atoms with Gasteiger partial charge in [-0.3, -0.25) is 0 Å². The van der Waals surface area contributed by atoms with Crippen LogP contribution in [0, 0.1) is 0 Å². The highest BCUT2D eigenvalue weighted by atomic mass is 27.3. The summed E-state index contributed by atoms with van der Waals surface area (Å²) in [7, 11) is 0. The second-order valence-corrected chi connectivity index (χ2v) is 10.7. The third kappa shape index (κ3) is 18.6. The van der Waals surface area contributed by atoms with Crippen molar-refractivity contribution in [1.29, 1.82) is 0 Å². The first kappa shape index (κ1) is 45.9. The second kappa shape index (κ2) is 26.8. The Morgan fingerprint density at radius 1 is 0.348 bits per heavy atom. The molecule has 0 fully saturated rings. The van der Waals surface area contributed by atoms with E-state index in [9.17, 15) is 0 Å². The van der Waals surface area contributed by atoms with Crippen LogP contribution < -0.4 is 0 Å². The van der Waals surface area contributed by atoms with Crippen LogP contribution in [0.3, 0.4) is 0 Å². The van der Waals surface area contributed by atoms with Crippen molar-refractivity contribution in [2.75, 3.05) is 79.3 Å². The molecule has 0 amide bonds. The smallest absolute Gasteiger partial charge is 0.431 e. The maximum Gasteiger partial charge on any atom is 0.911 e. The van der Waals surface area contributed by atoms with Crippen molar-refractivity contribution in [3.05, 3.63) is 0 Å². The first-order chi connectivity index (χ1) is 22.0. The summed E-state index contributed by atoms with van der Waals surface area (Å²) in [6.45, 7) is 24.7. The Bertz CT molecular complexity index is 566. The fraction of sp³-hybridized carbons (Fsp3) is 1.00. The van der Waals surface area contributed by atoms with Gasteiger partial charge in [-0.05, 0) is 83.1 Å². The zero-order valence-corrected chi connectivity index (χ0v) is 31.6. The molecule has 0 aliphatic heterocycles. The van der Waals surface area contributed by atoms with Gasteiger partial charge in [0, 0.05) is 59.5 Å². The van der Waals surface area contributed by atoms with E-state index in [1.54, 1.807) is 20.8 Å². The number of rotatable bonds is 33. The molecule has 0 N–H and O–H groups in total. The maximum absolute atomic E-state index is 6.13. The number of ether oxygens (including phenoxy) is 12. The average molecular weight is 691 g/mol. The molecule has 15 nitrogen and oxygen atoms in total. The van der Waals surface area contributed by atoms with Crippen LogP contribution in [-0.4, -0.2) is 131 Å². The molecule has 0 saturated heterocycles. The second-order valence-electron chi connectivity index (χ2n) is 9.28. The number of hydrogen-bond acceptors (Lipinski definition) is 15. The van der Waals surface area contributed by atoms with Gasteiger partial charge in [-0.2, -0.15) is 0 Å². The van der Waals surface area contributed by atoms with Gasteiger partial charge in [0.2, 0.25) is 0 Å². The van der Waals surface area contributed by atoms with Crippen molar-refractivity contribution in [3.63, 3.8) is 0 Å². The topological polar surface area (TPSA) is 138 Å². The van der Waals surface area contributed by atoms with E-state index in [0.717, 1.165) is 0 Å². The molecule has 0 aromatic rings. The molecule has 0 spiro atoms. The van der Waals surface area contributed by atoms with E-state index in [0.29, 0.717) is 59.5 Å². The summed E-state index contributed by atoms with van der Waals surface area (Å²) >= 11 is -3.05. The fourth-order valence-electron chi connectivity index (χ4n) is 4.07. The highest BCUT2D eigenvalue weighted by molar-refractivity contribution is 6.36. The van der Waals surface area contributed by atoms with Crippen LogP contribution in [0.15, 0.2) is 0 Å². The molecule has 46 heavy (non-hydrogen) atoms. The van der Waals surface area contributed by atoms with Gasteiger partial charge in [-0.25, -0.2) is 0 Å². The molecule has 0 aromatic carbocycles. The van der Waals surface area contributed by atoms with Crippen LogP contribution in [-0.2, 0) is 68.2 Å². The Balaban J connectivity index is 5.78. The van der Waals surface area contributed by atoms with Gasteiger partial charge >= 0.3 is 33.1 Å². The van der Waals surface area contributed by atoms with Crippen LogP contribution in [0.2, 0.25) is 0 Å². The van der Waals surface area contributed by atoms with Crippen molar-refractivity contribution >= 4 is 15.1 Å². The monoisotopic (exact) mass is 690 g/mol. The predicted molar refractivity (Wildman–Crippen MR) is 168 cm³/mol. The van der Waals surface area contributed by atoms with Gasteiger partial charge in [0.1, 0.15) is 38.7 Å². The minimum absolute atomic E-state index is 0.0674. The van der Waals surface area contributed by atoms with Gasteiger partial charge < -0.3 is 68.2 Å². The fourth-order valence-corrected chi connectivity index (χ4v) is 5.44. The van der Waals surface area contributed by atoms with Crippen molar-refractivity contribution in [2.24, 2.45) is 0 Å². The number of hydrogen-bond donors (Lipinski definition) is 0. The zero-order chi connectivity index (χ0) is 34.9. The molecule has 276 valence electrons. The zero-order valence-electron chi connectivity index (χ0n) is 30.4. The Morgan fingerprint density at radius 2 is 0.522 bits per heavy atom. The van der Waals surface area contributed by atoms with Crippen molar-refractivity contribution in [3.8, 4) is 0 Å². The lowest BCUT2D eigenvalue weighted by atomic mass is 10.5. The van der Waals surface area contributed by atoms with Crippen LogP contribution >= 0.6 is 0 Å². The minimum Gasteiger partial charge on any atom is -0.431 e. The largest absolute Gasteiger partial charge is 0.911 e. The highest BCUT2D eigenvalue weighted by Gasteiger charge is 2.42. The lowest BCUT2D eigenvalue weighted by molar-refractivity contribution is -0.400. The third-order valence-corrected chi connectivity index (χ3v) is 7.49. The van der Waals surface area contributed by atoms with E-state index in [-0.39, 0.29) is 19.8 Å². The summed E-state index contributed by atoms with van der Waals surface area (Å²) in [4.78, 5) is 0. The summed E-state index contributed by atoms with van der Waals surface area (Å²) in [5.74, 6) is -4.16. The highest BCUT2D eigenvalue weighted by Crippen LogP contribution is 2.21. The molecule has 0 bridgehead atoms. The van der Waals surface area contributed by atoms with Gasteiger partial charge in [-0.1, -0.05) is 0 Å². The van der Waals surface area contributed by atoms with Gasteiger partial charge in [-0.15, -0.1) is 0 Å². The lowest BCUT2D eigenvalue weighted by Gasteiger charge is -2.34. The van der Waals surface area contributed by atoms with Crippen LogP contribution in [0.25, 0.3) is 0 Å². The summed E-state index contributed by atoms with van der Waals surface area (Å²) in [6, 6.07) is 0. The first-order valence-corrected chi connectivity index (χ1v) is 18.0. The van der Waals surface area contributed by atoms with Gasteiger partial charge in [0.05, 0.1) is 0 Å². The molecule has 0 aromatic heterocycles. The van der Waals surface area contributed by atoms with Crippen molar-refractivity contribution in [2.45, 2.75) is 120 Å². The Morgan fingerprint density at radius 3 is 0.674 bits per heavy atom. The Labute approximate surface area is 282 Å². The minimum atomic E-state index is -3.05. The van der Waals surface area contributed by atoms with E-state index in [2.05, 4.69) is 0 Å². The normalized spacial score (nSPS) is 14.9. The first-order valence-electron chi connectivity index (χ1n) is 16.6. The molecule has 0 saturated carbocycles. The quantitative estimate of drug-likeness (QED) is 0.0710. The maximum atomic E-state index is 6.13. The summed E-state index contributed by atoms with van der Waals surface area (Å²) in [5, 5.41) is 0. The van der Waals surface area contributed by atoms with Crippen molar-refractivity contribution in [1.82, 2.24) is 0 Å². The Kier molecular flexibility index (Phi) is 26.7. The van der Waals surface area contributed by atoms with E-state index >= 15 is 0 Å². The molecular formula is C30H63AlO15. The molecule has 3 unspecified atom stereocenters. The molecule has 0 rings (SSSR count). The lowest BCUT2D eigenvalue weighted by Crippen LogP contribution is -2.48. The van der Waals surface area contributed by atoms with Crippen LogP contribution in [0.5, 0.6) is 0 Å². The molecule has 0 radical (unpaired) electrons. The van der Waals surface area contributed by atoms with E-state index in [4.69, 9.17) is 68.2 Å². The summed E-state index contributed by atoms with van der Waals surface area (Å²) in [6.07, 6.45) is -2.46. The summed E-state index contributed by atoms with van der Waals surface area (Å²) < 4.78 is 88.0. The van der Waals surface area contributed by atoms with E-state index in [1.807, 2.05) is 62.3 Å². The molecule has 16 heteroatoms. The molecule has 0 heterocycles. The SMILES string of the molecule is CCOC(COC(C)[O][Al]([O]C(C)OCC(OCC)(OCC)OCC)[O]C(C)OCC(OCC)(OCC)OCC)(OCC)OCC.